The lowest BCUT2D eigenvalue weighted by Crippen LogP contribution is -1.96. The normalized spacial score (nSPS) is 11.8. The van der Waals surface area contributed by atoms with Gasteiger partial charge in [0, 0.05) is 0 Å². The molecule has 13 aromatic carbocycles. The van der Waals surface area contributed by atoms with Crippen LogP contribution in [0.3, 0.4) is 0 Å². The van der Waals surface area contributed by atoms with Crippen molar-refractivity contribution in [2.75, 3.05) is 0 Å². The van der Waals surface area contributed by atoms with Gasteiger partial charge in [-0.05, 0) is 143 Å². The monoisotopic (exact) mass is 808 g/mol. The third-order valence-electron chi connectivity index (χ3n) is 13.6. The Kier molecular flexibility index (Phi) is 8.32. The molecule has 0 saturated heterocycles. The molecule has 0 aliphatic rings. The fourth-order valence-electron chi connectivity index (χ4n) is 11.0. The van der Waals surface area contributed by atoms with Crippen molar-refractivity contribution in [3.8, 4) is 55.6 Å². The number of fused-ring (bicyclic) bond motifs is 7. The minimum Gasteiger partial charge on any atom is -0.0622 e. The first-order valence-corrected chi connectivity index (χ1v) is 22.3. The van der Waals surface area contributed by atoms with Crippen LogP contribution in [0, 0.1) is 0 Å². The van der Waals surface area contributed by atoms with E-state index in [9.17, 15) is 0 Å². The summed E-state index contributed by atoms with van der Waals surface area (Å²) >= 11 is 0. The second kappa shape index (κ2) is 14.7. The van der Waals surface area contributed by atoms with Gasteiger partial charge in [-0.2, -0.15) is 0 Å². The SMILES string of the molecule is c1ccc(-c2cc3ccccc3cc2-c2c3ccccc3c(-c3c4ccccc4c(-c4c5ccccc5c(-c5ccccc5)c5ccccc45)c4ccccc34)c3ccccc23)cc1. The Morgan fingerprint density at radius 3 is 0.719 bits per heavy atom. The van der Waals surface area contributed by atoms with E-state index in [-0.39, 0.29) is 0 Å². The molecule has 13 aromatic rings. The zero-order chi connectivity index (χ0) is 42.1. The predicted octanol–water partition coefficient (Wildman–Crippen LogP) is 18.1. The molecule has 0 radical (unpaired) electrons. The molecule has 0 heteroatoms. The average molecular weight is 809 g/mol. The predicted molar refractivity (Wildman–Crippen MR) is 276 cm³/mol. The van der Waals surface area contributed by atoms with Gasteiger partial charge in [0.05, 0.1) is 0 Å². The summed E-state index contributed by atoms with van der Waals surface area (Å²) in [6, 6.07) is 90.0. The molecule has 0 heterocycles. The van der Waals surface area contributed by atoms with Gasteiger partial charge in [0.25, 0.3) is 0 Å². The molecule has 0 spiro atoms. The summed E-state index contributed by atoms with van der Waals surface area (Å²) in [6.07, 6.45) is 0. The Morgan fingerprint density at radius 1 is 0.156 bits per heavy atom. The second-order valence-corrected chi connectivity index (χ2v) is 17.0. The zero-order valence-electron chi connectivity index (χ0n) is 35.1. The summed E-state index contributed by atoms with van der Waals surface area (Å²) in [5.41, 5.74) is 12.6. The molecule has 0 aliphatic heterocycles. The van der Waals surface area contributed by atoms with E-state index >= 15 is 0 Å². The number of rotatable bonds is 5. The van der Waals surface area contributed by atoms with Crippen LogP contribution in [-0.4, -0.2) is 0 Å². The van der Waals surface area contributed by atoms with Crippen molar-refractivity contribution >= 4 is 75.4 Å². The van der Waals surface area contributed by atoms with Crippen molar-refractivity contribution in [3.63, 3.8) is 0 Å². The van der Waals surface area contributed by atoms with Gasteiger partial charge in [-0.25, -0.2) is 0 Å². The zero-order valence-corrected chi connectivity index (χ0v) is 35.1. The summed E-state index contributed by atoms with van der Waals surface area (Å²) in [5, 5.41) is 17.5. The van der Waals surface area contributed by atoms with Crippen LogP contribution >= 0.6 is 0 Å². The van der Waals surface area contributed by atoms with Gasteiger partial charge in [-0.15, -0.1) is 0 Å². The van der Waals surface area contributed by atoms with Gasteiger partial charge in [0.15, 0.2) is 0 Å². The molecule has 0 amide bonds. The van der Waals surface area contributed by atoms with Gasteiger partial charge in [-0.3, -0.25) is 0 Å². The van der Waals surface area contributed by atoms with E-state index in [1.807, 2.05) is 0 Å². The van der Waals surface area contributed by atoms with Crippen LogP contribution in [0.1, 0.15) is 0 Å². The maximum atomic E-state index is 2.42. The minimum atomic E-state index is 1.21. The third-order valence-corrected chi connectivity index (χ3v) is 13.6. The van der Waals surface area contributed by atoms with Crippen LogP contribution in [0.25, 0.3) is 131 Å². The molecule has 0 bridgehead atoms. The Balaban J connectivity index is 1.18. The first-order chi connectivity index (χ1) is 31.8. The van der Waals surface area contributed by atoms with E-state index in [1.54, 1.807) is 0 Å². The minimum absolute atomic E-state index is 1.21. The average Bonchev–Trinajstić information content (AvgIpc) is 3.37. The second-order valence-electron chi connectivity index (χ2n) is 17.0. The lowest BCUT2D eigenvalue weighted by Gasteiger charge is -2.24. The van der Waals surface area contributed by atoms with Crippen LogP contribution in [0.15, 0.2) is 243 Å². The van der Waals surface area contributed by atoms with Gasteiger partial charge in [0.1, 0.15) is 0 Å². The van der Waals surface area contributed by atoms with Crippen LogP contribution in [0.5, 0.6) is 0 Å². The highest BCUT2D eigenvalue weighted by molar-refractivity contribution is 6.33. The summed E-state index contributed by atoms with van der Waals surface area (Å²) in [7, 11) is 0. The van der Waals surface area contributed by atoms with Crippen molar-refractivity contribution in [3.05, 3.63) is 243 Å². The van der Waals surface area contributed by atoms with Crippen molar-refractivity contribution in [1.82, 2.24) is 0 Å². The van der Waals surface area contributed by atoms with Crippen LogP contribution in [0.4, 0.5) is 0 Å². The van der Waals surface area contributed by atoms with Crippen LogP contribution in [0.2, 0.25) is 0 Å². The van der Waals surface area contributed by atoms with E-state index in [4.69, 9.17) is 0 Å². The van der Waals surface area contributed by atoms with Gasteiger partial charge in [0.2, 0.25) is 0 Å². The quantitative estimate of drug-likeness (QED) is 0.152. The summed E-state index contributed by atoms with van der Waals surface area (Å²) < 4.78 is 0. The van der Waals surface area contributed by atoms with E-state index in [0.29, 0.717) is 0 Å². The largest absolute Gasteiger partial charge is 0.0622 e. The van der Waals surface area contributed by atoms with Gasteiger partial charge in [-0.1, -0.05) is 231 Å². The summed E-state index contributed by atoms with van der Waals surface area (Å²) in [6.45, 7) is 0. The topological polar surface area (TPSA) is 0 Å². The Bertz CT molecular complexity index is 3820. The van der Waals surface area contributed by atoms with Crippen molar-refractivity contribution in [1.29, 1.82) is 0 Å². The van der Waals surface area contributed by atoms with Crippen LogP contribution in [-0.2, 0) is 0 Å². The molecule has 0 aliphatic carbocycles. The highest BCUT2D eigenvalue weighted by Crippen LogP contribution is 2.53. The van der Waals surface area contributed by atoms with Crippen molar-refractivity contribution in [2.24, 2.45) is 0 Å². The van der Waals surface area contributed by atoms with Gasteiger partial charge >= 0.3 is 0 Å². The number of hydrogen-bond acceptors (Lipinski definition) is 0. The van der Waals surface area contributed by atoms with E-state index in [1.165, 1.54) is 131 Å². The molecule has 0 saturated carbocycles. The third kappa shape index (κ3) is 5.49. The Morgan fingerprint density at radius 2 is 0.391 bits per heavy atom. The molecule has 0 N–H and O–H groups in total. The molecular formula is C64H40. The molecule has 0 nitrogen and oxygen atoms in total. The lowest BCUT2D eigenvalue weighted by atomic mass is 9.78. The lowest BCUT2D eigenvalue weighted by molar-refractivity contribution is 1.63. The standard InChI is InChI=1S/C64H40/c1-3-21-41(22-4-1)57-39-43-25-7-8-26-44(43)40-58(57)60-47-29-11-15-33-51(47)62(52-34-16-12-30-48(52)60)64-55-37-19-17-35-53(55)63(54-36-18-20-38-56(54)64)61-49-31-13-9-27-45(49)59(42-23-5-2-6-24-42)46-28-10-14-32-50(46)61/h1-40H. The summed E-state index contributed by atoms with van der Waals surface area (Å²) in [4.78, 5) is 0. The molecule has 13 rings (SSSR count). The van der Waals surface area contributed by atoms with Crippen molar-refractivity contribution in [2.45, 2.75) is 0 Å². The van der Waals surface area contributed by atoms with E-state index in [2.05, 4.69) is 243 Å². The number of hydrogen-bond donors (Lipinski definition) is 0. The van der Waals surface area contributed by atoms with E-state index in [0.717, 1.165) is 0 Å². The maximum absolute atomic E-state index is 2.42. The smallest absolute Gasteiger partial charge is 0.00139 e. The fourth-order valence-corrected chi connectivity index (χ4v) is 11.0. The molecule has 0 atom stereocenters. The highest BCUT2D eigenvalue weighted by Gasteiger charge is 2.25. The van der Waals surface area contributed by atoms with Gasteiger partial charge < -0.3 is 0 Å². The first-order valence-electron chi connectivity index (χ1n) is 22.3. The Labute approximate surface area is 371 Å². The van der Waals surface area contributed by atoms with Crippen molar-refractivity contribution < 1.29 is 0 Å². The molecular weight excluding hydrogens is 769 g/mol. The molecule has 0 aromatic heterocycles. The molecule has 0 fully saturated rings. The fraction of sp³-hybridized carbons (Fsp3) is 0. The Hall–Kier alpha value is -8.32. The highest BCUT2D eigenvalue weighted by atomic mass is 14.3. The number of benzene rings is 13. The molecule has 64 heavy (non-hydrogen) atoms. The summed E-state index contributed by atoms with van der Waals surface area (Å²) in [5.74, 6) is 0. The maximum Gasteiger partial charge on any atom is -0.00139 e. The first kappa shape index (κ1) is 36.3. The molecule has 296 valence electrons. The van der Waals surface area contributed by atoms with Crippen LogP contribution < -0.4 is 0 Å². The molecule has 0 unspecified atom stereocenters. The van der Waals surface area contributed by atoms with E-state index < -0.39 is 0 Å².